The van der Waals surface area contributed by atoms with Crippen molar-refractivity contribution >= 4 is 11.2 Å². The third-order valence-corrected chi connectivity index (χ3v) is 2.16. The van der Waals surface area contributed by atoms with E-state index in [4.69, 9.17) is 9.47 Å². The predicted molar refractivity (Wildman–Crippen MR) is 56.5 cm³/mol. The normalized spacial score (nSPS) is 10.9. The fraction of sp³-hybridized carbons (Fsp3) is 0.444. The Kier molecular flexibility index (Phi) is 2.86. The number of rotatable bonds is 4. The van der Waals surface area contributed by atoms with Crippen LogP contribution in [-0.2, 0) is 11.8 Å². The van der Waals surface area contributed by atoms with Crippen LogP contribution < -0.4 is 10.4 Å². The van der Waals surface area contributed by atoms with Gasteiger partial charge in [-0.3, -0.25) is 9.55 Å². The lowest BCUT2D eigenvalue weighted by molar-refractivity contribution is 0.141. The number of hydrogen-bond acceptors (Lipinski definition) is 5. The Hall–Kier alpha value is -1.89. The van der Waals surface area contributed by atoms with E-state index in [1.807, 2.05) is 0 Å². The summed E-state index contributed by atoms with van der Waals surface area (Å²) in [7, 11) is 3.23. The van der Waals surface area contributed by atoms with Crippen LogP contribution in [0, 0.1) is 0 Å². The van der Waals surface area contributed by atoms with Gasteiger partial charge in [0.25, 0.3) is 0 Å². The maximum atomic E-state index is 11.3. The maximum absolute atomic E-state index is 11.3. The summed E-state index contributed by atoms with van der Waals surface area (Å²) < 4.78 is 11.5. The second kappa shape index (κ2) is 4.31. The van der Waals surface area contributed by atoms with E-state index in [2.05, 4.69) is 15.0 Å². The van der Waals surface area contributed by atoms with Crippen molar-refractivity contribution in [2.45, 2.75) is 0 Å². The van der Waals surface area contributed by atoms with Crippen molar-refractivity contribution in [2.24, 2.45) is 7.05 Å². The van der Waals surface area contributed by atoms with Gasteiger partial charge in [-0.25, -0.2) is 9.78 Å². The molecule has 0 bridgehead atoms. The standard InChI is InChI=1S/C9H12N4O3/c1-13-6-5-10-8(16-4-3-15-2)11-7(6)12-9(13)14/h5H,3-4H2,1-2H3,(H,10,11,12,14). The van der Waals surface area contributed by atoms with E-state index in [0.717, 1.165) is 0 Å². The second-order valence-corrected chi connectivity index (χ2v) is 3.22. The van der Waals surface area contributed by atoms with Crippen LogP contribution in [0.5, 0.6) is 6.01 Å². The van der Waals surface area contributed by atoms with Gasteiger partial charge >= 0.3 is 11.7 Å². The monoisotopic (exact) mass is 224 g/mol. The molecule has 16 heavy (non-hydrogen) atoms. The highest BCUT2D eigenvalue weighted by Gasteiger charge is 2.06. The Balaban J connectivity index is 2.27. The Bertz CT molecular complexity index is 545. The first-order valence-corrected chi connectivity index (χ1v) is 4.76. The largest absolute Gasteiger partial charge is 0.461 e. The molecule has 0 unspecified atom stereocenters. The summed E-state index contributed by atoms with van der Waals surface area (Å²) in [6.07, 6.45) is 1.54. The third kappa shape index (κ3) is 1.89. The fourth-order valence-corrected chi connectivity index (χ4v) is 1.28. The number of methoxy groups -OCH3 is 1. The highest BCUT2D eigenvalue weighted by molar-refractivity contribution is 5.69. The minimum atomic E-state index is -0.224. The summed E-state index contributed by atoms with van der Waals surface area (Å²) >= 11 is 0. The average molecular weight is 224 g/mol. The van der Waals surface area contributed by atoms with E-state index in [-0.39, 0.29) is 11.7 Å². The SMILES string of the molecule is COCCOc1ncc2c(n1)[nH]c(=O)n2C. The van der Waals surface area contributed by atoms with Crippen LogP contribution in [0.15, 0.2) is 11.0 Å². The predicted octanol–water partition coefficient (Wildman–Crippen LogP) is -0.318. The average Bonchev–Trinajstić information content (AvgIpc) is 2.55. The van der Waals surface area contributed by atoms with Crippen LogP contribution >= 0.6 is 0 Å². The topological polar surface area (TPSA) is 82.0 Å². The lowest BCUT2D eigenvalue weighted by atomic mass is 10.5. The lowest BCUT2D eigenvalue weighted by Gasteiger charge is -2.02. The number of nitrogens with zero attached hydrogens (tertiary/aromatic N) is 3. The minimum Gasteiger partial charge on any atom is -0.461 e. The van der Waals surface area contributed by atoms with Crippen LogP contribution in [-0.4, -0.2) is 39.8 Å². The minimum absolute atomic E-state index is 0.224. The Morgan fingerprint density at radius 3 is 3.06 bits per heavy atom. The van der Waals surface area contributed by atoms with Gasteiger partial charge in [-0.2, -0.15) is 4.98 Å². The molecule has 0 amide bonds. The number of aromatic nitrogens is 4. The molecule has 0 atom stereocenters. The summed E-state index contributed by atoms with van der Waals surface area (Å²) in [4.78, 5) is 21.9. The van der Waals surface area contributed by atoms with Gasteiger partial charge in [-0.1, -0.05) is 0 Å². The summed E-state index contributed by atoms with van der Waals surface area (Å²) in [6, 6.07) is 0.228. The van der Waals surface area contributed by atoms with Gasteiger partial charge in [0.05, 0.1) is 12.8 Å². The zero-order valence-corrected chi connectivity index (χ0v) is 9.06. The molecule has 2 heterocycles. The smallest absolute Gasteiger partial charge is 0.327 e. The van der Waals surface area contributed by atoms with Crippen molar-refractivity contribution in [3.8, 4) is 6.01 Å². The van der Waals surface area contributed by atoms with E-state index in [1.165, 1.54) is 4.57 Å². The zero-order valence-electron chi connectivity index (χ0n) is 9.06. The number of ether oxygens (including phenoxy) is 2. The summed E-state index contributed by atoms with van der Waals surface area (Å²) in [6.45, 7) is 0.839. The molecular formula is C9H12N4O3. The zero-order chi connectivity index (χ0) is 11.5. The molecule has 2 aromatic rings. The van der Waals surface area contributed by atoms with Crippen LogP contribution in [0.1, 0.15) is 0 Å². The number of H-pyrrole nitrogens is 1. The summed E-state index contributed by atoms with van der Waals surface area (Å²) in [5.74, 6) is 0. The molecule has 7 heteroatoms. The molecule has 0 aromatic carbocycles. The molecule has 7 nitrogen and oxygen atoms in total. The van der Waals surface area contributed by atoms with Crippen molar-refractivity contribution in [1.29, 1.82) is 0 Å². The van der Waals surface area contributed by atoms with Crippen molar-refractivity contribution in [3.63, 3.8) is 0 Å². The maximum Gasteiger partial charge on any atom is 0.327 e. The lowest BCUT2D eigenvalue weighted by Crippen LogP contribution is -2.11. The number of aryl methyl sites for hydroxylation is 1. The highest BCUT2D eigenvalue weighted by Crippen LogP contribution is 2.08. The molecule has 0 saturated heterocycles. The van der Waals surface area contributed by atoms with E-state index in [0.29, 0.717) is 24.4 Å². The van der Waals surface area contributed by atoms with Crippen molar-refractivity contribution in [2.75, 3.05) is 20.3 Å². The number of hydrogen-bond donors (Lipinski definition) is 1. The quantitative estimate of drug-likeness (QED) is 0.720. The molecule has 0 saturated carbocycles. The molecule has 0 radical (unpaired) electrons. The van der Waals surface area contributed by atoms with Crippen molar-refractivity contribution in [3.05, 3.63) is 16.7 Å². The molecule has 86 valence electrons. The molecule has 0 aliphatic carbocycles. The van der Waals surface area contributed by atoms with Gasteiger partial charge in [0.15, 0.2) is 5.65 Å². The van der Waals surface area contributed by atoms with Gasteiger partial charge in [0, 0.05) is 14.2 Å². The Morgan fingerprint density at radius 2 is 2.31 bits per heavy atom. The molecule has 0 fully saturated rings. The van der Waals surface area contributed by atoms with Gasteiger partial charge in [-0.15, -0.1) is 0 Å². The van der Waals surface area contributed by atoms with E-state index in [9.17, 15) is 4.79 Å². The molecule has 1 N–H and O–H groups in total. The van der Waals surface area contributed by atoms with E-state index < -0.39 is 0 Å². The fourth-order valence-electron chi connectivity index (χ4n) is 1.28. The van der Waals surface area contributed by atoms with Gasteiger partial charge in [0.1, 0.15) is 12.1 Å². The molecule has 0 spiro atoms. The molecule has 2 aromatic heterocycles. The third-order valence-electron chi connectivity index (χ3n) is 2.16. The number of imidazole rings is 1. The Labute approximate surface area is 91.0 Å². The number of nitrogens with one attached hydrogen (secondary N) is 1. The van der Waals surface area contributed by atoms with Crippen LogP contribution in [0.25, 0.3) is 11.2 Å². The van der Waals surface area contributed by atoms with Gasteiger partial charge < -0.3 is 9.47 Å². The number of aromatic amines is 1. The second-order valence-electron chi connectivity index (χ2n) is 3.22. The molecular weight excluding hydrogens is 212 g/mol. The first-order valence-electron chi connectivity index (χ1n) is 4.76. The summed E-state index contributed by atoms with van der Waals surface area (Å²) in [5, 5.41) is 0. The van der Waals surface area contributed by atoms with Gasteiger partial charge in [-0.05, 0) is 0 Å². The number of fused-ring (bicyclic) bond motifs is 1. The highest BCUT2D eigenvalue weighted by atomic mass is 16.5. The Morgan fingerprint density at radius 1 is 1.50 bits per heavy atom. The van der Waals surface area contributed by atoms with Crippen molar-refractivity contribution in [1.82, 2.24) is 19.5 Å². The first kappa shape index (κ1) is 10.6. The summed E-state index contributed by atoms with van der Waals surface area (Å²) in [5.41, 5.74) is 0.886. The molecule has 0 aliphatic rings. The molecule has 2 rings (SSSR count). The first-order chi connectivity index (χ1) is 7.72. The van der Waals surface area contributed by atoms with Crippen LogP contribution in [0.3, 0.4) is 0 Å². The molecule has 0 aliphatic heterocycles. The van der Waals surface area contributed by atoms with Gasteiger partial charge in [0.2, 0.25) is 0 Å². The van der Waals surface area contributed by atoms with E-state index >= 15 is 0 Å². The van der Waals surface area contributed by atoms with Crippen LogP contribution in [0.2, 0.25) is 0 Å². The van der Waals surface area contributed by atoms with E-state index in [1.54, 1.807) is 20.4 Å². The van der Waals surface area contributed by atoms with Crippen molar-refractivity contribution < 1.29 is 9.47 Å². The van der Waals surface area contributed by atoms with Crippen LogP contribution in [0.4, 0.5) is 0 Å².